The van der Waals surface area contributed by atoms with Crippen molar-refractivity contribution in [3.05, 3.63) is 57.3 Å². The van der Waals surface area contributed by atoms with Crippen LogP contribution in [0.4, 0.5) is 5.69 Å². The van der Waals surface area contributed by atoms with Gasteiger partial charge in [0.1, 0.15) is 10.3 Å². The van der Waals surface area contributed by atoms with E-state index in [0.717, 1.165) is 25.9 Å². The first kappa shape index (κ1) is 15.7. The lowest BCUT2D eigenvalue weighted by Crippen LogP contribution is -2.40. The molecular weight excluding hydrogens is 345 g/mol. The number of pyridine rings is 1. The van der Waals surface area contributed by atoms with Crippen molar-refractivity contribution in [1.82, 2.24) is 10.3 Å². The Morgan fingerprint density at radius 3 is 2.79 bits per heavy atom. The third kappa shape index (κ3) is 2.85. The summed E-state index contributed by atoms with van der Waals surface area (Å²) in [4.78, 5) is 18.9. The number of hydrogen-bond acceptors (Lipinski definition) is 3. The Labute approximate surface area is 150 Å². The fraction of sp³-hybridized carbons (Fsp3) is 0.333. The maximum Gasteiger partial charge on any atom is 0.251 e. The molecule has 2 aromatic rings. The number of carbonyl (C=O) groups is 1. The molecule has 1 aromatic heterocycles. The van der Waals surface area contributed by atoms with E-state index in [2.05, 4.69) is 33.4 Å². The predicted octanol–water partition coefficient (Wildman–Crippen LogP) is 4.02. The zero-order valence-corrected chi connectivity index (χ0v) is 14.6. The summed E-state index contributed by atoms with van der Waals surface area (Å²) in [5.74, 6) is -0.173. The lowest BCUT2D eigenvalue weighted by Gasteiger charge is -2.40. The fourth-order valence-corrected chi connectivity index (χ4v) is 4.16. The molecule has 2 aliphatic rings. The molecule has 0 saturated carbocycles. The van der Waals surface area contributed by atoms with Crippen LogP contribution in [0.5, 0.6) is 0 Å². The van der Waals surface area contributed by atoms with Gasteiger partial charge in [-0.15, -0.1) is 0 Å². The molecule has 24 heavy (non-hydrogen) atoms. The number of halogens is 2. The summed E-state index contributed by atoms with van der Waals surface area (Å²) in [5, 5.41) is 3.57. The van der Waals surface area contributed by atoms with Gasteiger partial charge < -0.3 is 10.2 Å². The third-order valence-electron chi connectivity index (χ3n) is 4.73. The lowest BCUT2D eigenvalue weighted by molar-refractivity contribution is 0.0934. The standard InChI is InChI=1S/C18H17Cl2N3O/c19-15-9-12(10-16(20)22-15)18(24)21-14-6-8-23-7-2-4-11-3-1-5-13(14)17(11)23/h1,3,5,9-10,14H,2,4,6-8H2,(H,21,24)/t14-/m0/s1. The number of anilines is 1. The summed E-state index contributed by atoms with van der Waals surface area (Å²) >= 11 is 11.8. The van der Waals surface area contributed by atoms with Crippen molar-refractivity contribution in [1.29, 1.82) is 0 Å². The number of nitrogens with one attached hydrogen (secondary N) is 1. The number of benzene rings is 1. The van der Waals surface area contributed by atoms with Crippen LogP contribution in [0.1, 0.15) is 40.4 Å². The Hall–Kier alpha value is -1.78. The summed E-state index contributed by atoms with van der Waals surface area (Å²) in [7, 11) is 0. The third-order valence-corrected chi connectivity index (χ3v) is 5.12. The molecule has 0 unspecified atom stereocenters. The average Bonchev–Trinajstić information content (AvgIpc) is 2.57. The molecule has 4 nitrogen and oxygen atoms in total. The van der Waals surface area contributed by atoms with Gasteiger partial charge in [0.05, 0.1) is 6.04 Å². The molecule has 2 aliphatic heterocycles. The van der Waals surface area contributed by atoms with Crippen molar-refractivity contribution >= 4 is 34.8 Å². The lowest BCUT2D eigenvalue weighted by atomic mass is 9.89. The van der Waals surface area contributed by atoms with Crippen molar-refractivity contribution in [2.24, 2.45) is 0 Å². The van der Waals surface area contributed by atoms with Gasteiger partial charge in [0.25, 0.3) is 5.91 Å². The molecule has 124 valence electrons. The first-order chi connectivity index (χ1) is 11.6. The second-order valence-corrected chi connectivity index (χ2v) is 7.04. The monoisotopic (exact) mass is 361 g/mol. The van der Waals surface area contributed by atoms with E-state index in [1.807, 2.05) is 0 Å². The van der Waals surface area contributed by atoms with Crippen LogP contribution < -0.4 is 10.2 Å². The van der Waals surface area contributed by atoms with Gasteiger partial charge in [-0.2, -0.15) is 0 Å². The van der Waals surface area contributed by atoms with Gasteiger partial charge in [-0.1, -0.05) is 41.4 Å². The summed E-state index contributed by atoms with van der Waals surface area (Å²) in [6.45, 7) is 2.06. The molecule has 1 amide bonds. The Morgan fingerprint density at radius 2 is 2.00 bits per heavy atom. The molecule has 1 aromatic carbocycles. The highest BCUT2D eigenvalue weighted by atomic mass is 35.5. The normalized spacial score (nSPS) is 18.9. The minimum absolute atomic E-state index is 0.00696. The van der Waals surface area contributed by atoms with E-state index < -0.39 is 0 Å². The second kappa shape index (κ2) is 6.26. The van der Waals surface area contributed by atoms with Crippen LogP contribution in [-0.4, -0.2) is 24.0 Å². The highest BCUT2D eigenvalue weighted by Gasteiger charge is 2.30. The van der Waals surface area contributed by atoms with Crippen molar-refractivity contribution in [2.45, 2.75) is 25.3 Å². The molecule has 0 fully saturated rings. The van der Waals surface area contributed by atoms with E-state index >= 15 is 0 Å². The molecule has 0 spiro atoms. The number of nitrogens with zero attached hydrogens (tertiary/aromatic N) is 2. The number of rotatable bonds is 2. The van der Waals surface area contributed by atoms with E-state index in [9.17, 15) is 4.79 Å². The van der Waals surface area contributed by atoms with Crippen molar-refractivity contribution in [3.8, 4) is 0 Å². The summed E-state index contributed by atoms with van der Waals surface area (Å²) in [6, 6.07) is 9.48. The minimum atomic E-state index is -0.173. The van der Waals surface area contributed by atoms with Crippen LogP contribution in [-0.2, 0) is 6.42 Å². The summed E-state index contributed by atoms with van der Waals surface area (Å²) in [5.41, 5.74) is 4.34. The number of para-hydroxylation sites is 1. The Morgan fingerprint density at radius 1 is 1.21 bits per heavy atom. The molecule has 1 atom stereocenters. The fourth-order valence-electron chi connectivity index (χ4n) is 3.70. The SMILES string of the molecule is O=C(N[C@H]1CCN2CCCc3cccc1c32)c1cc(Cl)nc(Cl)c1. The molecule has 0 radical (unpaired) electrons. The largest absolute Gasteiger partial charge is 0.371 e. The smallest absolute Gasteiger partial charge is 0.251 e. The van der Waals surface area contributed by atoms with Crippen LogP contribution in [0.3, 0.4) is 0 Å². The quantitative estimate of drug-likeness (QED) is 0.821. The van der Waals surface area contributed by atoms with E-state index in [0.29, 0.717) is 5.56 Å². The van der Waals surface area contributed by atoms with E-state index in [4.69, 9.17) is 23.2 Å². The van der Waals surface area contributed by atoms with Gasteiger partial charge in [-0.05, 0) is 42.5 Å². The van der Waals surface area contributed by atoms with Gasteiger partial charge in [0.2, 0.25) is 0 Å². The van der Waals surface area contributed by atoms with Gasteiger partial charge in [-0.3, -0.25) is 4.79 Å². The highest BCUT2D eigenvalue weighted by Crippen LogP contribution is 2.39. The van der Waals surface area contributed by atoms with Crippen LogP contribution in [0.25, 0.3) is 0 Å². The highest BCUT2D eigenvalue weighted by molar-refractivity contribution is 6.33. The molecule has 0 bridgehead atoms. The number of amides is 1. The average molecular weight is 362 g/mol. The Kier molecular flexibility index (Phi) is 4.10. The predicted molar refractivity (Wildman–Crippen MR) is 96.1 cm³/mol. The Balaban J connectivity index is 1.63. The first-order valence-electron chi connectivity index (χ1n) is 8.12. The van der Waals surface area contributed by atoms with Crippen LogP contribution in [0.2, 0.25) is 10.3 Å². The van der Waals surface area contributed by atoms with Crippen molar-refractivity contribution < 1.29 is 4.79 Å². The number of carbonyl (C=O) groups excluding carboxylic acids is 1. The number of aromatic nitrogens is 1. The first-order valence-corrected chi connectivity index (χ1v) is 8.88. The molecule has 0 saturated heterocycles. The topological polar surface area (TPSA) is 45.2 Å². The van der Waals surface area contributed by atoms with Gasteiger partial charge in [0.15, 0.2) is 0 Å². The van der Waals surface area contributed by atoms with Crippen LogP contribution >= 0.6 is 23.2 Å². The van der Waals surface area contributed by atoms with Gasteiger partial charge in [0, 0.05) is 24.3 Å². The zero-order valence-electron chi connectivity index (χ0n) is 13.1. The molecule has 0 aliphatic carbocycles. The van der Waals surface area contributed by atoms with Crippen molar-refractivity contribution in [3.63, 3.8) is 0 Å². The van der Waals surface area contributed by atoms with Crippen LogP contribution in [0.15, 0.2) is 30.3 Å². The van der Waals surface area contributed by atoms with E-state index in [-0.39, 0.29) is 22.3 Å². The van der Waals surface area contributed by atoms with Crippen LogP contribution in [0, 0.1) is 0 Å². The number of hydrogen-bond donors (Lipinski definition) is 1. The minimum Gasteiger partial charge on any atom is -0.371 e. The summed E-state index contributed by atoms with van der Waals surface area (Å²) < 4.78 is 0. The Bertz CT molecular complexity index is 789. The van der Waals surface area contributed by atoms with E-state index in [1.54, 1.807) is 12.1 Å². The maximum atomic E-state index is 12.6. The van der Waals surface area contributed by atoms with E-state index in [1.165, 1.54) is 23.2 Å². The molecule has 4 rings (SSSR count). The second-order valence-electron chi connectivity index (χ2n) is 6.26. The van der Waals surface area contributed by atoms with Gasteiger partial charge in [-0.25, -0.2) is 4.98 Å². The molecule has 6 heteroatoms. The molecule has 3 heterocycles. The van der Waals surface area contributed by atoms with Gasteiger partial charge >= 0.3 is 0 Å². The molecular formula is C18H17Cl2N3O. The zero-order chi connectivity index (χ0) is 16.7. The maximum absolute atomic E-state index is 12.6. The molecule has 1 N–H and O–H groups in total. The number of aryl methyl sites for hydroxylation is 1. The van der Waals surface area contributed by atoms with Crippen molar-refractivity contribution in [2.75, 3.05) is 18.0 Å². The summed E-state index contributed by atoms with van der Waals surface area (Å²) in [6.07, 6.45) is 3.20.